The van der Waals surface area contributed by atoms with Gasteiger partial charge in [0.15, 0.2) is 0 Å². The molecule has 0 spiro atoms. The molecule has 19 heavy (non-hydrogen) atoms. The molecule has 0 aromatic heterocycles. The minimum atomic E-state index is 0.336. The van der Waals surface area contributed by atoms with E-state index in [1.807, 2.05) is 12.1 Å². The van der Waals surface area contributed by atoms with Crippen LogP contribution in [0.5, 0.6) is 5.75 Å². The van der Waals surface area contributed by atoms with E-state index in [2.05, 4.69) is 18.3 Å². The van der Waals surface area contributed by atoms with Crippen molar-refractivity contribution in [1.82, 2.24) is 5.32 Å². The second-order valence-electron chi connectivity index (χ2n) is 4.97. The highest BCUT2D eigenvalue weighted by molar-refractivity contribution is 6.32. The molecule has 2 rings (SSSR count). The van der Waals surface area contributed by atoms with Crippen molar-refractivity contribution in [2.24, 2.45) is 5.92 Å². The molecule has 0 aliphatic carbocycles. The number of ether oxygens (including phenoxy) is 2. The summed E-state index contributed by atoms with van der Waals surface area (Å²) in [4.78, 5) is 0. The number of hydrogen-bond donors (Lipinski definition) is 1. The fraction of sp³-hybridized carbons (Fsp3) is 0.600. The van der Waals surface area contributed by atoms with E-state index >= 15 is 0 Å². The van der Waals surface area contributed by atoms with Gasteiger partial charge in [-0.1, -0.05) is 24.6 Å². The lowest BCUT2D eigenvalue weighted by Crippen LogP contribution is -2.23. The first-order valence-corrected chi connectivity index (χ1v) is 7.27. The molecule has 1 aromatic rings. The Hall–Kier alpha value is -0.770. The number of rotatable bonds is 6. The fourth-order valence-corrected chi connectivity index (χ4v) is 2.77. The normalized spacial score (nSPS) is 20.5. The third-order valence-electron chi connectivity index (χ3n) is 3.62. The smallest absolute Gasteiger partial charge is 0.137 e. The van der Waals surface area contributed by atoms with E-state index < -0.39 is 0 Å². The zero-order valence-electron chi connectivity index (χ0n) is 11.6. The average molecular weight is 284 g/mol. The Labute approximate surface area is 120 Å². The van der Waals surface area contributed by atoms with Gasteiger partial charge in [0.05, 0.1) is 12.1 Å². The van der Waals surface area contributed by atoms with E-state index in [0.717, 1.165) is 38.3 Å². The quantitative estimate of drug-likeness (QED) is 0.868. The van der Waals surface area contributed by atoms with E-state index in [1.54, 1.807) is 7.11 Å². The van der Waals surface area contributed by atoms with E-state index in [4.69, 9.17) is 21.1 Å². The molecule has 2 unspecified atom stereocenters. The summed E-state index contributed by atoms with van der Waals surface area (Å²) in [5.74, 6) is 1.38. The van der Waals surface area contributed by atoms with Gasteiger partial charge in [0, 0.05) is 19.3 Å². The maximum Gasteiger partial charge on any atom is 0.137 e. The summed E-state index contributed by atoms with van der Waals surface area (Å²) in [6.45, 7) is 4.86. The first-order valence-electron chi connectivity index (χ1n) is 6.89. The zero-order chi connectivity index (χ0) is 13.7. The predicted molar refractivity (Wildman–Crippen MR) is 78.0 cm³/mol. The number of halogens is 1. The number of benzene rings is 1. The van der Waals surface area contributed by atoms with E-state index in [-0.39, 0.29) is 0 Å². The van der Waals surface area contributed by atoms with Crippen LogP contribution in [0.25, 0.3) is 0 Å². The third-order valence-corrected chi connectivity index (χ3v) is 3.93. The highest BCUT2D eigenvalue weighted by atomic mass is 35.5. The van der Waals surface area contributed by atoms with Crippen LogP contribution >= 0.6 is 11.6 Å². The van der Waals surface area contributed by atoms with E-state index in [9.17, 15) is 0 Å². The first kappa shape index (κ1) is 14.6. The van der Waals surface area contributed by atoms with Gasteiger partial charge in [-0.25, -0.2) is 0 Å². The monoisotopic (exact) mass is 283 g/mol. The first-order chi connectivity index (χ1) is 9.24. The Morgan fingerprint density at radius 1 is 1.53 bits per heavy atom. The van der Waals surface area contributed by atoms with Gasteiger partial charge < -0.3 is 14.8 Å². The maximum atomic E-state index is 6.08. The SMILES string of the molecule is CCNC(CC1CCOC1)c1ccc(Cl)c(OC)c1. The van der Waals surface area contributed by atoms with Crippen LogP contribution in [0, 0.1) is 5.92 Å². The van der Waals surface area contributed by atoms with Crippen molar-refractivity contribution in [2.75, 3.05) is 26.9 Å². The van der Waals surface area contributed by atoms with Gasteiger partial charge in [0.25, 0.3) is 0 Å². The Morgan fingerprint density at radius 3 is 3.00 bits per heavy atom. The molecule has 1 aliphatic heterocycles. The molecule has 0 bridgehead atoms. The lowest BCUT2D eigenvalue weighted by atomic mass is 9.94. The van der Waals surface area contributed by atoms with E-state index in [1.165, 1.54) is 5.56 Å². The van der Waals surface area contributed by atoms with Gasteiger partial charge in [-0.3, -0.25) is 0 Å². The molecule has 1 aromatic carbocycles. The summed E-state index contributed by atoms with van der Waals surface area (Å²) in [5, 5.41) is 4.20. The minimum absolute atomic E-state index is 0.336. The second kappa shape index (κ2) is 7.13. The standard InChI is InChI=1S/C15H22ClNO2/c1-3-17-14(8-11-6-7-19-10-11)12-4-5-13(16)15(9-12)18-2/h4-5,9,11,14,17H,3,6-8,10H2,1-2H3. The predicted octanol–water partition coefficient (Wildman–Crippen LogP) is 3.43. The summed E-state index contributed by atoms with van der Waals surface area (Å²) in [6.07, 6.45) is 2.26. The lowest BCUT2D eigenvalue weighted by Gasteiger charge is -2.22. The number of nitrogens with one attached hydrogen (secondary N) is 1. The zero-order valence-corrected chi connectivity index (χ0v) is 12.4. The molecule has 4 heteroatoms. The number of hydrogen-bond acceptors (Lipinski definition) is 3. The molecule has 1 saturated heterocycles. The van der Waals surface area contributed by atoms with Gasteiger partial charge in [-0.05, 0) is 43.0 Å². The molecule has 0 saturated carbocycles. The van der Waals surface area contributed by atoms with Crippen LogP contribution in [0.15, 0.2) is 18.2 Å². The Kier molecular flexibility index (Phi) is 5.49. The van der Waals surface area contributed by atoms with Gasteiger partial charge >= 0.3 is 0 Å². The van der Waals surface area contributed by atoms with Crippen LogP contribution in [0.4, 0.5) is 0 Å². The van der Waals surface area contributed by atoms with Crippen LogP contribution in [0.1, 0.15) is 31.4 Å². The molecule has 0 radical (unpaired) electrons. The highest BCUT2D eigenvalue weighted by Crippen LogP contribution is 2.31. The summed E-state index contributed by atoms with van der Waals surface area (Å²) in [5.41, 5.74) is 1.23. The van der Waals surface area contributed by atoms with E-state index in [0.29, 0.717) is 17.0 Å². The Morgan fingerprint density at radius 2 is 2.37 bits per heavy atom. The van der Waals surface area contributed by atoms with Crippen molar-refractivity contribution in [2.45, 2.75) is 25.8 Å². The highest BCUT2D eigenvalue weighted by Gasteiger charge is 2.22. The molecular formula is C15H22ClNO2. The molecule has 3 nitrogen and oxygen atoms in total. The molecular weight excluding hydrogens is 262 g/mol. The van der Waals surface area contributed by atoms with Gasteiger partial charge in [-0.15, -0.1) is 0 Å². The summed E-state index contributed by atoms with van der Waals surface area (Å²) >= 11 is 6.08. The summed E-state index contributed by atoms with van der Waals surface area (Å²) in [6, 6.07) is 6.35. The van der Waals surface area contributed by atoms with Crippen LogP contribution in [0.2, 0.25) is 5.02 Å². The van der Waals surface area contributed by atoms with Gasteiger partial charge in [0.2, 0.25) is 0 Å². The Balaban J connectivity index is 2.12. The third kappa shape index (κ3) is 3.85. The van der Waals surface area contributed by atoms with Crippen molar-refractivity contribution in [1.29, 1.82) is 0 Å². The second-order valence-corrected chi connectivity index (χ2v) is 5.38. The number of methoxy groups -OCH3 is 1. The molecule has 1 aliphatic rings. The minimum Gasteiger partial charge on any atom is -0.495 e. The molecule has 1 fully saturated rings. The fourth-order valence-electron chi connectivity index (χ4n) is 2.58. The topological polar surface area (TPSA) is 30.5 Å². The van der Waals surface area contributed by atoms with Crippen LogP contribution in [-0.4, -0.2) is 26.9 Å². The molecule has 1 N–H and O–H groups in total. The average Bonchev–Trinajstić information content (AvgIpc) is 2.92. The van der Waals surface area contributed by atoms with Crippen LogP contribution in [0.3, 0.4) is 0 Å². The lowest BCUT2D eigenvalue weighted by molar-refractivity contribution is 0.181. The van der Waals surface area contributed by atoms with Crippen molar-refractivity contribution in [3.8, 4) is 5.75 Å². The largest absolute Gasteiger partial charge is 0.495 e. The van der Waals surface area contributed by atoms with Crippen molar-refractivity contribution in [3.63, 3.8) is 0 Å². The van der Waals surface area contributed by atoms with Crippen LogP contribution < -0.4 is 10.1 Å². The summed E-state index contributed by atoms with van der Waals surface area (Å²) < 4.78 is 10.8. The van der Waals surface area contributed by atoms with Gasteiger partial charge in [-0.2, -0.15) is 0 Å². The maximum absolute atomic E-state index is 6.08. The van der Waals surface area contributed by atoms with Crippen molar-refractivity contribution < 1.29 is 9.47 Å². The molecule has 0 amide bonds. The molecule has 1 heterocycles. The van der Waals surface area contributed by atoms with Crippen molar-refractivity contribution >= 4 is 11.6 Å². The van der Waals surface area contributed by atoms with Crippen molar-refractivity contribution in [3.05, 3.63) is 28.8 Å². The molecule has 2 atom stereocenters. The summed E-state index contributed by atoms with van der Waals surface area (Å²) in [7, 11) is 1.65. The Bertz CT molecular complexity index is 405. The van der Waals surface area contributed by atoms with Crippen LogP contribution in [-0.2, 0) is 4.74 Å². The molecule has 106 valence electrons. The van der Waals surface area contributed by atoms with Gasteiger partial charge in [0.1, 0.15) is 5.75 Å².